The molecule has 1 heterocycles. The van der Waals surface area contributed by atoms with Crippen LogP contribution in [0.2, 0.25) is 0 Å². The smallest absolute Gasteiger partial charge is 0.239 e. The molecule has 0 saturated carbocycles. The average molecular weight is 247 g/mol. The fraction of sp³-hybridized carbons (Fsp3) is 0.200. The molecular formula is C10H6ClF3N2. The molecule has 0 N–H and O–H groups in total. The van der Waals surface area contributed by atoms with E-state index in [1.807, 2.05) is 0 Å². The summed E-state index contributed by atoms with van der Waals surface area (Å²) in [5.41, 5.74) is -0.473. The van der Waals surface area contributed by atoms with Crippen LogP contribution in [0.1, 0.15) is 11.4 Å². The first-order valence-corrected chi connectivity index (χ1v) is 4.93. The maximum absolute atomic E-state index is 12.4. The molecule has 16 heavy (non-hydrogen) atoms. The first-order valence-electron chi connectivity index (χ1n) is 4.39. The number of rotatable bonds is 1. The SMILES string of the molecule is FC(F)(F)c1ccc2cnc(CCl)nc2c1. The maximum Gasteiger partial charge on any atom is 0.416 e. The van der Waals surface area contributed by atoms with Crippen molar-refractivity contribution in [1.29, 1.82) is 0 Å². The summed E-state index contributed by atoms with van der Waals surface area (Å²) >= 11 is 5.51. The highest BCUT2D eigenvalue weighted by molar-refractivity contribution is 6.16. The van der Waals surface area contributed by atoms with Crippen molar-refractivity contribution in [1.82, 2.24) is 9.97 Å². The topological polar surface area (TPSA) is 25.8 Å². The van der Waals surface area contributed by atoms with Gasteiger partial charge in [0.05, 0.1) is 17.0 Å². The lowest BCUT2D eigenvalue weighted by Gasteiger charge is -2.07. The number of hydrogen-bond donors (Lipinski definition) is 0. The summed E-state index contributed by atoms with van der Waals surface area (Å²) in [7, 11) is 0. The van der Waals surface area contributed by atoms with E-state index in [0.717, 1.165) is 12.1 Å². The zero-order valence-corrected chi connectivity index (χ0v) is 8.68. The van der Waals surface area contributed by atoms with E-state index < -0.39 is 11.7 Å². The van der Waals surface area contributed by atoms with Crippen LogP contribution in [0, 0.1) is 0 Å². The molecule has 0 bridgehead atoms. The molecule has 1 aromatic heterocycles. The molecule has 0 fully saturated rings. The largest absolute Gasteiger partial charge is 0.416 e. The Hall–Kier alpha value is -1.36. The minimum absolute atomic E-state index is 0.0756. The Morgan fingerprint density at radius 3 is 2.62 bits per heavy atom. The van der Waals surface area contributed by atoms with Crippen molar-refractivity contribution in [2.45, 2.75) is 12.1 Å². The van der Waals surface area contributed by atoms with Gasteiger partial charge in [-0.1, -0.05) is 6.07 Å². The van der Waals surface area contributed by atoms with Gasteiger partial charge < -0.3 is 0 Å². The molecule has 0 aliphatic rings. The Kier molecular flexibility index (Phi) is 2.71. The van der Waals surface area contributed by atoms with Gasteiger partial charge >= 0.3 is 6.18 Å². The van der Waals surface area contributed by atoms with Crippen LogP contribution >= 0.6 is 11.6 Å². The quantitative estimate of drug-likeness (QED) is 0.721. The Balaban J connectivity index is 2.59. The fourth-order valence-electron chi connectivity index (χ4n) is 1.30. The third-order valence-electron chi connectivity index (χ3n) is 2.08. The fourth-order valence-corrected chi connectivity index (χ4v) is 1.43. The van der Waals surface area contributed by atoms with Gasteiger partial charge in [0.15, 0.2) is 0 Å². The zero-order valence-electron chi connectivity index (χ0n) is 7.92. The number of benzene rings is 1. The van der Waals surface area contributed by atoms with Crippen LogP contribution in [0.5, 0.6) is 0 Å². The Labute approximate surface area is 94.1 Å². The average Bonchev–Trinajstić information content (AvgIpc) is 2.26. The first-order chi connectivity index (χ1) is 7.50. The molecule has 0 unspecified atom stereocenters. The van der Waals surface area contributed by atoms with Gasteiger partial charge in [0.1, 0.15) is 5.82 Å². The van der Waals surface area contributed by atoms with E-state index in [2.05, 4.69) is 9.97 Å². The van der Waals surface area contributed by atoms with Crippen molar-refractivity contribution in [3.8, 4) is 0 Å². The van der Waals surface area contributed by atoms with Gasteiger partial charge in [-0.25, -0.2) is 9.97 Å². The van der Waals surface area contributed by atoms with Crippen LogP contribution in [-0.4, -0.2) is 9.97 Å². The highest BCUT2D eigenvalue weighted by Crippen LogP contribution is 2.30. The van der Waals surface area contributed by atoms with Gasteiger partial charge in [0.25, 0.3) is 0 Å². The number of hydrogen-bond acceptors (Lipinski definition) is 2. The lowest BCUT2D eigenvalue weighted by molar-refractivity contribution is -0.137. The summed E-state index contributed by atoms with van der Waals surface area (Å²) in [6, 6.07) is 3.34. The predicted octanol–water partition coefficient (Wildman–Crippen LogP) is 3.39. The summed E-state index contributed by atoms with van der Waals surface area (Å²) < 4.78 is 37.3. The zero-order chi connectivity index (χ0) is 11.8. The molecule has 0 radical (unpaired) electrons. The van der Waals surface area contributed by atoms with Crippen molar-refractivity contribution in [3.63, 3.8) is 0 Å². The second-order valence-corrected chi connectivity index (χ2v) is 3.46. The van der Waals surface area contributed by atoms with Gasteiger partial charge in [-0.15, -0.1) is 11.6 Å². The van der Waals surface area contributed by atoms with E-state index in [1.165, 1.54) is 12.3 Å². The minimum Gasteiger partial charge on any atom is -0.239 e. The maximum atomic E-state index is 12.4. The van der Waals surface area contributed by atoms with Gasteiger partial charge in [-0.3, -0.25) is 0 Å². The molecule has 0 atom stereocenters. The van der Waals surface area contributed by atoms with Crippen molar-refractivity contribution in [3.05, 3.63) is 35.8 Å². The molecule has 1 aromatic carbocycles. The van der Waals surface area contributed by atoms with Crippen LogP contribution in [0.3, 0.4) is 0 Å². The second kappa shape index (κ2) is 3.90. The summed E-state index contributed by atoms with van der Waals surface area (Å²) in [5.74, 6) is 0.389. The molecule has 84 valence electrons. The lowest BCUT2D eigenvalue weighted by atomic mass is 10.1. The summed E-state index contributed by atoms with van der Waals surface area (Å²) in [6.45, 7) is 0. The number of alkyl halides is 4. The molecule has 2 aromatic rings. The molecule has 0 spiro atoms. The molecule has 6 heteroatoms. The lowest BCUT2D eigenvalue weighted by Crippen LogP contribution is -2.04. The highest BCUT2D eigenvalue weighted by Gasteiger charge is 2.30. The van der Waals surface area contributed by atoms with E-state index in [1.54, 1.807) is 0 Å². The molecule has 2 rings (SSSR count). The number of nitrogens with zero attached hydrogens (tertiary/aromatic N) is 2. The van der Waals surface area contributed by atoms with E-state index in [0.29, 0.717) is 11.2 Å². The molecule has 0 amide bonds. The molecule has 2 nitrogen and oxygen atoms in total. The molecule has 0 aliphatic carbocycles. The van der Waals surface area contributed by atoms with Crippen LogP contribution in [-0.2, 0) is 12.1 Å². The van der Waals surface area contributed by atoms with Crippen LogP contribution in [0.15, 0.2) is 24.4 Å². The highest BCUT2D eigenvalue weighted by atomic mass is 35.5. The van der Waals surface area contributed by atoms with E-state index in [4.69, 9.17) is 11.6 Å². The van der Waals surface area contributed by atoms with E-state index in [-0.39, 0.29) is 11.4 Å². The summed E-state index contributed by atoms with van der Waals surface area (Å²) in [5, 5.41) is 0.557. The van der Waals surface area contributed by atoms with Crippen LogP contribution in [0.25, 0.3) is 10.9 Å². The molecule has 0 aliphatic heterocycles. The monoisotopic (exact) mass is 246 g/mol. The van der Waals surface area contributed by atoms with Gasteiger partial charge in [-0.05, 0) is 12.1 Å². The van der Waals surface area contributed by atoms with Gasteiger partial charge in [-0.2, -0.15) is 13.2 Å². The van der Waals surface area contributed by atoms with Crippen molar-refractivity contribution >= 4 is 22.5 Å². The Morgan fingerprint density at radius 2 is 2.00 bits per heavy atom. The number of halogens is 4. The number of aromatic nitrogens is 2. The molecule has 0 saturated heterocycles. The second-order valence-electron chi connectivity index (χ2n) is 3.19. The minimum atomic E-state index is -4.36. The van der Waals surface area contributed by atoms with Crippen molar-refractivity contribution < 1.29 is 13.2 Å². The third kappa shape index (κ3) is 2.09. The van der Waals surface area contributed by atoms with Gasteiger partial charge in [0, 0.05) is 11.6 Å². The Bertz CT molecular complexity index is 525. The predicted molar refractivity (Wildman–Crippen MR) is 54.1 cm³/mol. The number of fused-ring (bicyclic) bond motifs is 1. The standard InChI is InChI=1S/C10H6ClF3N2/c11-4-9-15-5-6-1-2-7(10(12,13)14)3-8(6)16-9/h1-3,5H,4H2. The van der Waals surface area contributed by atoms with Crippen LogP contribution < -0.4 is 0 Å². The summed E-state index contributed by atoms with van der Waals surface area (Å²) in [6.07, 6.45) is -2.90. The van der Waals surface area contributed by atoms with Gasteiger partial charge in [0.2, 0.25) is 0 Å². The van der Waals surface area contributed by atoms with Crippen LogP contribution in [0.4, 0.5) is 13.2 Å². The van der Waals surface area contributed by atoms with E-state index >= 15 is 0 Å². The normalized spacial score (nSPS) is 12.0. The Morgan fingerprint density at radius 1 is 1.25 bits per heavy atom. The summed E-state index contributed by atoms with van der Waals surface area (Å²) in [4.78, 5) is 7.82. The van der Waals surface area contributed by atoms with Crippen molar-refractivity contribution in [2.24, 2.45) is 0 Å². The first kappa shape index (κ1) is 11.1. The third-order valence-corrected chi connectivity index (χ3v) is 2.32. The van der Waals surface area contributed by atoms with Crippen molar-refractivity contribution in [2.75, 3.05) is 0 Å². The molecular weight excluding hydrogens is 241 g/mol. The van der Waals surface area contributed by atoms with E-state index in [9.17, 15) is 13.2 Å².